The highest BCUT2D eigenvalue weighted by molar-refractivity contribution is 7.93. The number of anilines is 1. The number of methoxy groups -OCH3 is 2. The van der Waals surface area contributed by atoms with Crippen molar-refractivity contribution in [3.05, 3.63) is 82.6 Å². The Morgan fingerprint density at radius 3 is 2.28 bits per heavy atom. The fourth-order valence-corrected chi connectivity index (χ4v) is 5.87. The van der Waals surface area contributed by atoms with Crippen LogP contribution in [0.2, 0.25) is 0 Å². The molecule has 0 aromatic heterocycles. The van der Waals surface area contributed by atoms with Gasteiger partial charge in [-0.15, -0.1) is 0 Å². The summed E-state index contributed by atoms with van der Waals surface area (Å²) in [6, 6.07) is 13.8. The first-order valence-electron chi connectivity index (χ1n) is 10.1. The molecule has 1 atom stereocenters. The van der Waals surface area contributed by atoms with Crippen molar-refractivity contribution in [1.29, 1.82) is 0 Å². The summed E-state index contributed by atoms with van der Waals surface area (Å²) in [6.07, 6.45) is 2.10. The van der Waals surface area contributed by atoms with Crippen LogP contribution in [0.4, 0.5) is 5.69 Å². The predicted octanol–water partition coefficient (Wildman–Crippen LogP) is 3.29. The molecule has 2 aromatic carbocycles. The Morgan fingerprint density at radius 1 is 0.969 bits per heavy atom. The quantitative estimate of drug-likeness (QED) is 0.660. The molecule has 0 bridgehead atoms. The monoisotopic (exact) mass is 453 g/mol. The molecule has 0 spiro atoms. The molecule has 4 rings (SSSR count). The number of sulfonamides is 1. The van der Waals surface area contributed by atoms with E-state index in [1.165, 1.54) is 18.5 Å². The summed E-state index contributed by atoms with van der Waals surface area (Å²) >= 11 is 0. The smallest absolute Gasteiger partial charge is 0.334 e. The van der Waals surface area contributed by atoms with Crippen molar-refractivity contribution in [3.63, 3.8) is 0 Å². The van der Waals surface area contributed by atoms with Crippen molar-refractivity contribution < 1.29 is 27.5 Å². The van der Waals surface area contributed by atoms with Crippen molar-refractivity contribution in [2.75, 3.05) is 18.5 Å². The van der Waals surface area contributed by atoms with Gasteiger partial charge in [-0.25, -0.2) is 22.3 Å². The van der Waals surface area contributed by atoms with E-state index in [2.05, 4.69) is 0 Å². The standard InChI is InChI=1S/C24H23NO6S/c1-15-8-10-17(11-9-15)32(28,29)25-20-7-5-4-6-16(20)14-19-21(25)13-12-18(23(26)30-2)22(19)24(27)31-3/h4-11,13,19H,12,14H2,1-3H3. The van der Waals surface area contributed by atoms with Gasteiger partial charge in [0.25, 0.3) is 10.0 Å². The highest BCUT2D eigenvalue weighted by Gasteiger charge is 2.44. The maximum Gasteiger partial charge on any atom is 0.334 e. The van der Waals surface area contributed by atoms with Crippen molar-refractivity contribution >= 4 is 27.6 Å². The Kier molecular flexibility index (Phi) is 5.64. The third-order valence-electron chi connectivity index (χ3n) is 5.81. The number of benzene rings is 2. The molecule has 1 aliphatic heterocycles. The van der Waals surface area contributed by atoms with Gasteiger partial charge >= 0.3 is 11.9 Å². The van der Waals surface area contributed by atoms with Gasteiger partial charge in [0, 0.05) is 18.0 Å². The van der Waals surface area contributed by atoms with Crippen molar-refractivity contribution in [2.24, 2.45) is 5.92 Å². The minimum Gasteiger partial charge on any atom is -0.466 e. The van der Waals surface area contributed by atoms with Crippen LogP contribution in [-0.2, 0) is 35.5 Å². The van der Waals surface area contributed by atoms with Gasteiger partial charge in [0.05, 0.1) is 35.9 Å². The minimum absolute atomic E-state index is 0.0605. The highest BCUT2D eigenvalue weighted by Crippen LogP contribution is 2.46. The Labute approximate surface area is 187 Å². The molecule has 32 heavy (non-hydrogen) atoms. The number of hydrogen-bond acceptors (Lipinski definition) is 6. The van der Waals surface area contributed by atoms with Crippen molar-refractivity contribution in [2.45, 2.75) is 24.7 Å². The van der Waals surface area contributed by atoms with Gasteiger partial charge < -0.3 is 9.47 Å². The Morgan fingerprint density at radius 2 is 1.62 bits per heavy atom. The van der Waals surface area contributed by atoms with E-state index >= 15 is 0 Å². The molecule has 2 aliphatic rings. The number of carbonyl (C=O) groups excluding carboxylic acids is 2. The summed E-state index contributed by atoms with van der Waals surface area (Å²) in [5.41, 5.74) is 2.96. The molecule has 0 fully saturated rings. The predicted molar refractivity (Wildman–Crippen MR) is 118 cm³/mol. The number of ether oxygens (including phenoxy) is 2. The van der Waals surface area contributed by atoms with E-state index in [0.717, 1.165) is 11.1 Å². The SMILES string of the molecule is COC(=O)C1=C(C(=O)OC)C2Cc3ccccc3N(S(=O)(=O)c3ccc(C)cc3)C2=CC1. The second-order valence-electron chi connectivity index (χ2n) is 7.68. The normalized spacial score (nSPS) is 17.8. The third-order valence-corrected chi connectivity index (χ3v) is 7.57. The van der Waals surface area contributed by atoms with Crippen LogP contribution in [0.5, 0.6) is 0 Å². The number of esters is 2. The summed E-state index contributed by atoms with van der Waals surface area (Å²) in [5.74, 6) is -1.97. The minimum atomic E-state index is -3.99. The van der Waals surface area contributed by atoms with Crippen LogP contribution in [0.1, 0.15) is 17.5 Å². The molecule has 0 N–H and O–H groups in total. The van der Waals surface area contributed by atoms with Crippen molar-refractivity contribution in [1.82, 2.24) is 0 Å². The number of allylic oxidation sites excluding steroid dienone is 2. The van der Waals surface area contributed by atoms with Gasteiger partial charge in [-0.2, -0.15) is 0 Å². The van der Waals surface area contributed by atoms with Crippen LogP contribution in [0.3, 0.4) is 0 Å². The summed E-state index contributed by atoms with van der Waals surface area (Å²) in [7, 11) is -1.51. The highest BCUT2D eigenvalue weighted by atomic mass is 32.2. The molecule has 1 heterocycles. The first-order chi connectivity index (χ1) is 15.3. The lowest BCUT2D eigenvalue weighted by Gasteiger charge is -2.40. The molecular weight excluding hydrogens is 430 g/mol. The lowest BCUT2D eigenvalue weighted by Crippen LogP contribution is -2.41. The lowest BCUT2D eigenvalue weighted by atomic mass is 9.78. The molecule has 166 valence electrons. The second kappa shape index (κ2) is 8.27. The number of carbonyl (C=O) groups is 2. The van der Waals surface area contributed by atoms with E-state index in [9.17, 15) is 18.0 Å². The first kappa shape index (κ1) is 21.8. The zero-order valence-electron chi connectivity index (χ0n) is 18.0. The van der Waals surface area contributed by atoms with E-state index < -0.39 is 27.9 Å². The van der Waals surface area contributed by atoms with Gasteiger partial charge in [-0.05, 0) is 37.1 Å². The summed E-state index contributed by atoms with van der Waals surface area (Å²) in [6.45, 7) is 1.88. The average molecular weight is 454 g/mol. The van der Waals surface area contributed by atoms with Crippen LogP contribution >= 0.6 is 0 Å². The number of nitrogens with zero attached hydrogens (tertiary/aromatic N) is 1. The first-order valence-corrected chi connectivity index (χ1v) is 11.5. The maximum absolute atomic E-state index is 13.8. The Hall–Kier alpha value is -3.39. The number of rotatable bonds is 4. The van der Waals surface area contributed by atoms with Crippen LogP contribution in [0.25, 0.3) is 0 Å². The molecular formula is C24H23NO6S. The maximum atomic E-state index is 13.8. The summed E-state index contributed by atoms with van der Waals surface area (Å²) < 4.78 is 38.7. The molecule has 2 aromatic rings. The lowest BCUT2D eigenvalue weighted by molar-refractivity contribution is -0.139. The second-order valence-corrected chi connectivity index (χ2v) is 9.46. The molecule has 0 saturated heterocycles. The van der Waals surface area contributed by atoms with Gasteiger partial charge in [0.2, 0.25) is 0 Å². The summed E-state index contributed by atoms with van der Waals surface area (Å²) in [4.78, 5) is 25.3. The molecule has 0 radical (unpaired) electrons. The molecule has 0 saturated carbocycles. The average Bonchev–Trinajstić information content (AvgIpc) is 2.80. The topological polar surface area (TPSA) is 90.0 Å². The fourth-order valence-electron chi connectivity index (χ4n) is 4.26. The van der Waals surface area contributed by atoms with Crippen molar-refractivity contribution in [3.8, 4) is 0 Å². The van der Waals surface area contributed by atoms with Crippen LogP contribution in [0.15, 0.2) is 76.3 Å². The zero-order valence-corrected chi connectivity index (χ0v) is 18.8. The Bertz CT molecular complexity index is 1260. The molecule has 0 amide bonds. The number of aryl methyl sites for hydroxylation is 1. The van der Waals surface area contributed by atoms with Gasteiger partial charge in [-0.3, -0.25) is 0 Å². The number of hydrogen-bond donors (Lipinski definition) is 0. The number of para-hydroxylation sites is 1. The Balaban J connectivity index is 1.93. The van der Waals surface area contributed by atoms with Crippen LogP contribution in [-0.4, -0.2) is 34.6 Å². The van der Waals surface area contributed by atoms with Gasteiger partial charge in [0.15, 0.2) is 0 Å². The largest absolute Gasteiger partial charge is 0.466 e. The summed E-state index contributed by atoms with van der Waals surface area (Å²) in [5, 5.41) is 0. The van der Waals surface area contributed by atoms with E-state index in [-0.39, 0.29) is 22.5 Å². The van der Waals surface area contributed by atoms with Crippen LogP contribution < -0.4 is 4.31 Å². The fraction of sp³-hybridized carbons (Fsp3) is 0.250. The van der Waals surface area contributed by atoms with Gasteiger partial charge in [0.1, 0.15) is 0 Å². The molecule has 8 heteroatoms. The third kappa shape index (κ3) is 3.50. The zero-order chi connectivity index (χ0) is 23.0. The van der Waals surface area contributed by atoms with Gasteiger partial charge in [-0.1, -0.05) is 42.0 Å². The van der Waals surface area contributed by atoms with E-state index in [4.69, 9.17) is 9.47 Å². The molecule has 7 nitrogen and oxygen atoms in total. The molecule has 1 aliphatic carbocycles. The van der Waals surface area contributed by atoms with E-state index in [1.54, 1.807) is 42.5 Å². The van der Waals surface area contributed by atoms with E-state index in [1.807, 2.05) is 19.1 Å². The molecule has 1 unspecified atom stereocenters. The van der Waals surface area contributed by atoms with Crippen LogP contribution in [0, 0.1) is 12.8 Å². The van der Waals surface area contributed by atoms with E-state index in [0.29, 0.717) is 17.8 Å². The number of fused-ring (bicyclic) bond motifs is 2.